The molecule has 0 bridgehead atoms. The summed E-state index contributed by atoms with van der Waals surface area (Å²) in [5.41, 5.74) is 4.85. The van der Waals surface area contributed by atoms with E-state index in [1.54, 1.807) is 36.8 Å². The molecule has 0 atom stereocenters. The number of aromatic nitrogens is 5. The van der Waals surface area contributed by atoms with Crippen molar-refractivity contribution >= 4 is 22.4 Å². The van der Waals surface area contributed by atoms with Crippen molar-refractivity contribution in [3.8, 4) is 22.5 Å². The number of aryl methyl sites for hydroxylation is 1. The molecule has 2 aromatic carbocycles. The molecule has 3 aromatic heterocycles. The quantitative estimate of drug-likeness (QED) is 0.397. The van der Waals surface area contributed by atoms with Gasteiger partial charge in [-0.25, -0.2) is 14.4 Å². The smallest absolute Gasteiger partial charge is 0.161 e. The maximum absolute atomic E-state index is 14.5. The number of hydrogen-bond donors (Lipinski definition) is 3. The minimum atomic E-state index is -0.335. The lowest BCUT2D eigenvalue weighted by atomic mass is 10.1. The van der Waals surface area contributed by atoms with Gasteiger partial charge in [0, 0.05) is 46.0 Å². The minimum absolute atomic E-state index is 0.335. The lowest BCUT2D eigenvalue weighted by Crippen LogP contribution is -1.97. The van der Waals surface area contributed by atoms with Crippen LogP contribution >= 0.6 is 0 Å². The molecule has 0 spiro atoms. The van der Waals surface area contributed by atoms with Crippen molar-refractivity contribution < 1.29 is 4.39 Å². The lowest BCUT2D eigenvalue weighted by molar-refractivity contribution is 0.632. The minimum Gasteiger partial charge on any atom is -0.359 e. The van der Waals surface area contributed by atoms with Gasteiger partial charge in [0.1, 0.15) is 11.6 Å². The van der Waals surface area contributed by atoms with E-state index >= 15 is 0 Å². The third kappa shape index (κ3) is 3.34. The fourth-order valence-corrected chi connectivity index (χ4v) is 3.35. The number of halogens is 1. The van der Waals surface area contributed by atoms with Crippen LogP contribution in [0.3, 0.4) is 0 Å². The van der Waals surface area contributed by atoms with E-state index in [0.717, 1.165) is 22.2 Å². The molecule has 3 heterocycles. The summed E-state index contributed by atoms with van der Waals surface area (Å²) in [6.07, 6.45) is 4.93. The van der Waals surface area contributed by atoms with Crippen LogP contribution < -0.4 is 5.32 Å². The highest BCUT2D eigenvalue weighted by atomic mass is 19.1. The molecule has 7 heteroatoms. The number of aromatic amines is 2. The van der Waals surface area contributed by atoms with Crippen LogP contribution in [0.4, 0.5) is 15.9 Å². The number of anilines is 2. The summed E-state index contributed by atoms with van der Waals surface area (Å²) in [4.78, 5) is 12.3. The third-order valence-corrected chi connectivity index (χ3v) is 4.72. The number of nitrogens with one attached hydrogen (secondary N) is 3. The molecule has 0 amide bonds. The molecular formula is C22H17FN6. The number of fused-ring (bicyclic) bond motifs is 1. The first-order chi connectivity index (χ1) is 14.2. The van der Waals surface area contributed by atoms with E-state index in [1.807, 2.05) is 25.1 Å². The summed E-state index contributed by atoms with van der Waals surface area (Å²) in [5, 5.41) is 10.8. The van der Waals surface area contributed by atoms with Gasteiger partial charge in [-0.2, -0.15) is 5.10 Å². The van der Waals surface area contributed by atoms with Crippen LogP contribution in [0.15, 0.2) is 67.1 Å². The molecular weight excluding hydrogens is 367 g/mol. The molecule has 0 aliphatic carbocycles. The maximum Gasteiger partial charge on any atom is 0.161 e. The van der Waals surface area contributed by atoms with Gasteiger partial charge in [0.05, 0.1) is 6.20 Å². The van der Waals surface area contributed by atoms with Gasteiger partial charge in [0.25, 0.3) is 0 Å². The molecule has 6 nitrogen and oxygen atoms in total. The van der Waals surface area contributed by atoms with Gasteiger partial charge in [-0.05, 0) is 48.7 Å². The first kappa shape index (κ1) is 17.1. The maximum atomic E-state index is 14.5. The Morgan fingerprint density at radius 1 is 1.00 bits per heavy atom. The Labute approximate surface area is 165 Å². The number of nitrogens with zero attached hydrogens (tertiary/aromatic N) is 3. The predicted octanol–water partition coefficient (Wildman–Crippen LogP) is 5.21. The van der Waals surface area contributed by atoms with Gasteiger partial charge in [-0.3, -0.25) is 5.10 Å². The molecule has 0 aliphatic rings. The van der Waals surface area contributed by atoms with Gasteiger partial charge in [0.2, 0.25) is 0 Å². The molecule has 0 radical (unpaired) electrons. The van der Waals surface area contributed by atoms with Crippen LogP contribution in [-0.2, 0) is 0 Å². The number of benzene rings is 2. The van der Waals surface area contributed by atoms with Gasteiger partial charge in [0.15, 0.2) is 5.82 Å². The predicted molar refractivity (Wildman–Crippen MR) is 111 cm³/mol. The van der Waals surface area contributed by atoms with Gasteiger partial charge in [-0.15, -0.1) is 0 Å². The number of hydrogen-bond acceptors (Lipinski definition) is 4. The van der Waals surface area contributed by atoms with Crippen molar-refractivity contribution in [3.05, 3.63) is 78.6 Å². The average Bonchev–Trinajstić information content (AvgIpc) is 3.36. The van der Waals surface area contributed by atoms with Gasteiger partial charge >= 0.3 is 0 Å². The van der Waals surface area contributed by atoms with E-state index in [4.69, 9.17) is 0 Å². The number of rotatable bonds is 4. The van der Waals surface area contributed by atoms with Crippen LogP contribution in [-0.4, -0.2) is 25.1 Å². The Morgan fingerprint density at radius 2 is 1.93 bits per heavy atom. The summed E-state index contributed by atoms with van der Waals surface area (Å²) < 4.78 is 14.5. The zero-order valence-corrected chi connectivity index (χ0v) is 15.6. The van der Waals surface area contributed by atoms with E-state index < -0.39 is 0 Å². The Morgan fingerprint density at radius 3 is 2.76 bits per heavy atom. The molecule has 0 saturated heterocycles. The zero-order valence-electron chi connectivity index (χ0n) is 15.6. The highest BCUT2D eigenvalue weighted by Gasteiger charge is 2.09. The summed E-state index contributed by atoms with van der Waals surface area (Å²) in [6.45, 7) is 2.03. The topological polar surface area (TPSA) is 82.3 Å². The van der Waals surface area contributed by atoms with Crippen LogP contribution in [0.25, 0.3) is 33.4 Å². The molecule has 0 saturated carbocycles. The second kappa shape index (κ2) is 6.87. The van der Waals surface area contributed by atoms with Crippen molar-refractivity contribution in [1.82, 2.24) is 25.1 Å². The highest BCUT2D eigenvalue weighted by Crippen LogP contribution is 2.27. The second-order valence-corrected chi connectivity index (χ2v) is 6.83. The average molecular weight is 384 g/mol. The number of H-pyrrole nitrogens is 2. The van der Waals surface area contributed by atoms with Crippen molar-refractivity contribution in [2.75, 3.05) is 5.32 Å². The van der Waals surface area contributed by atoms with Crippen LogP contribution in [0.5, 0.6) is 0 Å². The van der Waals surface area contributed by atoms with Crippen molar-refractivity contribution in [2.24, 2.45) is 0 Å². The Hall–Kier alpha value is -4.00. The van der Waals surface area contributed by atoms with E-state index in [9.17, 15) is 4.39 Å². The Bertz CT molecular complexity index is 1310. The molecule has 0 aliphatic heterocycles. The monoisotopic (exact) mass is 384 g/mol. The Balaban J connectivity index is 1.43. The first-order valence-corrected chi connectivity index (χ1v) is 9.14. The zero-order chi connectivity index (χ0) is 19.8. The molecule has 5 aromatic rings. The van der Waals surface area contributed by atoms with E-state index in [0.29, 0.717) is 28.5 Å². The molecule has 0 fully saturated rings. The molecule has 0 unspecified atom stereocenters. The largest absolute Gasteiger partial charge is 0.359 e. The first-order valence-electron chi connectivity index (χ1n) is 9.14. The van der Waals surface area contributed by atoms with Crippen molar-refractivity contribution in [3.63, 3.8) is 0 Å². The summed E-state index contributed by atoms with van der Waals surface area (Å²) in [6, 6.07) is 14.9. The summed E-state index contributed by atoms with van der Waals surface area (Å²) in [5.74, 6) is 0.853. The SMILES string of the molecule is Cc1cc2ccc(-c3nccc(Nc4ccc(-c5cn[nH]c5)c(F)c4)n3)cc2[nH]1. The van der Waals surface area contributed by atoms with Crippen molar-refractivity contribution in [1.29, 1.82) is 0 Å². The normalized spacial score (nSPS) is 11.1. The van der Waals surface area contributed by atoms with Gasteiger partial charge < -0.3 is 10.3 Å². The molecule has 3 N–H and O–H groups in total. The van der Waals surface area contributed by atoms with Gasteiger partial charge in [-0.1, -0.05) is 12.1 Å². The van der Waals surface area contributed by atoms with Crippen molar-refractivity contribution in [2.45, 2.75) is 6.92 Å². The third-order valence-electron chi connectivity index (χ3n) is 4.72. The van der Waals surface area contributed by atoms with Crippen LogP contribution in [0.2, 0.25) is 0 Å². The Kier molecular flexibility index (Phi) is 4.05. The molecule has 142 valence electrons. The summed E-state index contributed by atoms with van der Waals surface area (Å²) >= 11 is 0. The fraction of sp³-hybridized carbons (Fsp3) is 0.0455. The van der Waals surface area contributed by atoms with E-state index in [-0.39, 0.29) is 5.82 Å². The van der Waals surface area contributed by atoms with Crippen LogP contribution in [0, 0.1) is 12.7 Å². The molecule has 5 rings (SSSR count). The lowest BCUT2D eigenvalue weighted by Gasteiger charge is -2.09. The van der Waals surface area contributed by atoms with Crippen LogP contribution in [0.1, 0.15) is 5.69 Å². The van der Waals surface area contributed by atoms with E-state index in [1.165, 1.54) is 6.07 Å². The summed E-state index contributed by atoms with van der Waals surface area (Å²) in [7, 11) is 0. The molecule has 29 heavy (non-hydrogen) atoms. The second-order valence-electron chi connectivity index (χ2n) is 6.83. The van der Waals surface area contributed by atoms with E-state index in [2.05, 4.69) is 36.5 Å². The standard InChI is InChI=1S/C22H17FN6/c1-13-8-14-2-3-15(9-20(14)27-13)22-24-7-6-21(29-22)28-17-4-5-18(19(23)10-17)16-11-25-26-12-16/h2-12,27H,1H3,(H,25,26)(H,24,28,29). The highest BCUT2D eigenvalue weighted by molar-refractivity contribution is 5.84. The fourth-order valence-electron chi connectivity index (χ4n) is 3.35.